The molecule has 0 unspecified atom stereocenters. The Morgan fingerprint density at radius 2 is 2.00 bits per heavy atom. The summed E-state index contributed by atoms with van der Waals surface area (Å²) in [6.45, 7) is 5.02. The van der Waals surface area contributed by atoms with Crippen LogP contribution < -0.4 is 5.32 Å². The van der Waals surface area contributed by atoms with Crippen LogP contribution in [0.2, 0.25) is 0 Å². The third-order valence-corrected chi connectivity index (χ3v) is 4.14. The molecule has 106 valence electrons. The number of benzene rings is 1. The van der Waals surface area contributed by atoms with Crippen molar-refractivity contribution in [1.29, 1.82) is 0 Å². The van der Waals surface area contributed by atoms with Gasteiger partial charge in [-0.25, -0.2) is 0 Å². The van der Waals surface area contributed by atoms with E-state index < -0.39 is 0 Å². The molecule has 2 nitrogen and oxygen atoms in total. The molecule has 0 radical (unpaired) electrons. The minimum absolute atomic E-state index is 0.0906. The fourth-order valence-corrected chi connectivity index (χ4v) is 2.57. The number of rotatable bonds is 8. The molecular formula is C15H22ClNOS. The number of alkyl halides is 1. The van der Waals surface area contributed by atoms with Crippen LogP contribution in [-0.2, 0) is 4.79 Å². The highest BCUT2D eigenvalue weighted by atomic mass is 35.5. The van der Waals surface area contributed by atoms with Gasteiger partial charge in [0, 0.05) is 17.3 Å². The van der Waals surface area contributed by atoms with Gasteiger partial charge in [-0.15, -0.1) is 23.4 Å². The zero-order chi connectivity index (χ0) is 14.1. The molecule has 19 heavy (non-hydrogen) atoms. The largest absolute Gasteiger partial charge is 0.355 e. The first kappa shape index (κ1) is 16.4. The van der Waals surface area contributed by atoms with Gasteiger partial charge in [0.1, 0.15) is 0 Å². The van der Waals surface area contributed by atoms with Crippen LogP contribution in [0.5, 0.6) is 0 Å². The third-order valence-electron chi connectivity index (χ3n) is 2.86. The second-order valence-electron chi connectivity index (χ2n) is 5.34. The Morgan fingerprint density at radius 3 is 2.63 bits per heavy atom. The van der Waals surface area contributed by atoms with Gasteiger partial charge in [-0.05, 0) is 30.4 Å². The van der Waals surface area contributed by atoms with Crippen LogP contribution in [0.15, 0.2) is 35.2 Å². The Labute approximate surface area is 125 Å². The van der Waals surface area contributed by atoms with Crippen molar-refractivity contribution in [2.24, 2.45) is 5.41 Å². The van der Waals surface area contributed by atoms with Crippen LogP contribution in [-0.4, -0.2) is 24.1 Å². The Hall–Kier alpha value is -0.670. The van der Waals surface area contributed by atoms with Gasteiger partial charge in [0.25, 0.3) is 0 Å². The van der Waals surface area contributed by atoms with Crippen molar-refractivity contribution >= 4 is 29.3 Å². The number of carbonyl (C=O) groups excluding carboxylic acids is 1. The summed E-state index contributed by atoms with van der Waals surface area (Å²) in [5.74, 6) is 1.24. The Bertz CT molecular complexity index is 381. The highest BCUT2D eigenvalue weighted by Gasteiger charge is 2.18. The Balaban J connectivity index is 2.24. The van der Waals surface area contributed by atoms with E-state index in [1.165, 1.54) is 0 Å². The monoisotopic (exact) mass is 299 g/mol. The van der Waals surface area contributed by atoms with Crippen LogP contribution >= 0.6 is 23.4 Å². The smallest absolute Gasteiger partial charge is 0.230 e. The molecule has 0 aliphatic rings. The van der Waals surface area contributed by atoms with Crippen LogP contribution in [0.1, 0.15) is 26.7 Å². The normalized spacial score (nSPS) is 11.3. The number of thioether (sulfide) groups is 1. The third kappa shape index (κ3) is 7.48. The Morgan fingerprint density at radius 1 is 1.32 bits per heavy atom. The summed E-state index contributed by atoms with van der Waals surface area (Å²) in [5.41, 5.74) is 0.113. The summed E-state index contributed by atoms with van der Waals surface area (Å²) in [6.07, 6.45) is 2.02. The van der Waals surface area contributed by atoms with E-state index in [0.29, 0.717) is 18.2 Å². The van der Waals surface area contributed by atoms with Crippen molar-refractivity contribution in [3.05, 3.63) is 30.3 Å². The lowest BCUT2D eigenvalue weighted by Crippen LogP contribution is -2.35. The quantitative estimate of drug-likeness (QED) is 0.582. The van der Waals surface area contributed by atoms with E-state index >= 15 is 0 Å². The van der Waals surface area contributed by atoms with Gasteiger partial charge < -0.3 is 5.32 Å². The second kappa shape index (κ2) is 8.49. The summed E-state index contributed by atoms with van der Waals surface area (Å²) in [6, 6.07) is 9.97. The molecule has 4 heteroatoms. The van der Waals surface area contributed by atoms with E-state index in [4.69, 9.17) is 11.6 Å². The van der Waals surface area contributed by atoms with E-state index in [2.05, 4.69) is 19.2 Å². The van der Waals surface area contributed by atoms with Crippen molar-refractivity contribution in [3.8, 4) is 0 Å². The molecule has 1 N–H and O–H groups in total. The zero-order valence-corrected chi connectivity index (χ0v) is 13.2. The van der Waals surface area contributed by atoms with Crippen molar-refractivity contribution in [2.75, 3.05) is 18.2 Å². The number of nitrogens with one attached hydrogen (secondary N) is 1. The van der Waals surface area contributed by atoms with E-state index in [9.17, 15) is 4.79 Å². The predicted molar refractivity (Wildman–Crippen MR) is 83.9 cm³/mol. The SMILES string of the molecule is CC(C)(CCCCl)CNC(=O)CSc1ccccc1. The molecule has 0 saturated carbocycles. The number of amides is 1. The average Bonchev–Trinajstić information content (AvgIpc) is 2.42. The van der Waals surface area contributed by atoms with Crippen molar-refractivity contribution in [1.82, 2.24) is 5.32 Å². The van der Waals surface area contributed by atoms with Gasteiger partial charge >= 0.3 is 0 Å². The lowest BCUT2D eigenvalue weighted by Gasteiger charge is -2.24. The van der Waals surface area contributed by atoms with Gasteiger partial charge in [-0.1, -0.05) is 32.0 Å². The predicted octanol–water partition coefficient (Wildman–Crippen LogP) is 3.94. The second-order valence-corrected chi connectivity index (χ2v) is 6.76. The molecule has 0 fully saturated rings. The maximum absolute atomic E-state index is 11.8. The highest BCUT2D eigenvalue weighted by molar-refractivity contribution is 8.00. The topological polar surface area (TPSA) is 29.1 Å². The van der Waals surface area contributed by atoms with E-state index in [-0.39, 0.29) is 11.3 Å². The summed E-state index contributed by atoms with van der Waals surface area (Å²) < 4.78 is 0. The molecule has 1 aromatic rings. The van der Waals surface area contributed by atoms with Crippen LogP contribution in [0.3, 0.4) is 0 Å². The molecule has 0 spiro atoms. The molecule has 1 aromatic carbocycles. The first-order valence-electron chi connectivity index (χ1n) is 6.54. The number of halogens is 1. The molecule has 0 saturated heterocycles. The molecule has 0 heterocycles. The number of carbonyl (C=O) groups is 1. The van der Waals surface area contributed by atoms with Crippen LogP contribution in [0.4, 0.5) is 0 Å². The summed E-state index contributed by atoms with van der Waals surface area (Å²) in [4.78, 5) is 12.9. The van der Waals surface area contributed by atoms with Crippen LogP contribution in [0, 0.1) is 5.41 Å². The molecule has 1 amide bonds. The van der Waals surface area contributed by atoms with Gasteiger partial charge in [0.05, 0.1) is 5.75 Å². The van der Waals surface area contributed by atoms with Gasteiger partial charge in [0.2, 0.25) is 5.91 Å². The molecule has 0 aliphatic heterocycles. The van der Waals surface area contributed by atoms with Gasteiger partial charge in [-0.2, -0.15) is 0 Å². The molecule has 0 aromatic heterocycles. The zero-order valence-electron chi connectivity index (χ0n) is 11.6. The van der Waals surface area contributed by atoms with E-state index in [1.54, 1.807) is 11.8 Å². The molecule has 0 bridgehead atoms. The number of hydrogen-bond acceptors (Lipinski definition) is 2. The lowest BCUT2D eigenvalue weighted by molar-refractivity contribution is -0.119. The molecule has 0 aliphatic carbocycles. The fourth-order valence-electron chi connectivity index (χ4n) is 1.69. The molecule has 0 atom stereocenters. The highest BCUT2D eigenvalue weighted by Crippen LogP contribution is 2.21. The first-order valence-corrected chi connectivity index (χ1v) is 8.06. The maximum Gasteiger partial charge on any atom is 0.230 e. The average molecular weight is 300 g/mol. The minimum atomic E-state index is 0.0906. The minimum Gasteiger partial charge on any atom is -0.355 e. The maximum atomic E-state index is 11.8. The van der Waals surface area contributed by atoms with Gasteiger partial charge in [-0.3, -0.25) is 4.79 Å². The number of hydrogen-bond donors (Lipinski definition) is 1. The lowest BCUT2D eigenvalue weighted by atomic mass is 9.88. The molecule has 1 rings (SSSR count). The van der Waals surface area contributed by atoms with Crippen molar-refractivity contribution in [3.63, 3.8) is 0 Å². The van der Waals surface area contributed by atoms with Crippen LogP contribution in [0.25, 0.3) is 0 Å². The van der Waals surface area contributed by atoms with E-state index in [0.717, 1.165) is 17.7 Å². The van der Waals surface area contributed by atoms with Crippen molar-refractivity contribution in [2.45, 2.75) is 31.6 Å². The van der Waals surface area contributed by atoms with Gasteiger partial charge in [0.15, 0.2) is 0 Å². The Kier molecular flexibility index (Phi) is 7.32. The summed E-state index contributed by atoms with van der Waals surface area (Å²) in [5, 5.41) is 3.00. The first-order chi connectivity index (χ1) is 9.03. The summed E-state index contributed by atoms with van der Waals surface area (Å²) >= 11 is 7.26. The summed E-state index contributed by atoms with van der Waals surface area (Å²) in [7, 11) is 0. The molecular weight excluding hydrogens is 278 g/mol. The standard InChI is InChI=1S/C15H22ClNOS/c1-15(2,9-6-10-16)12-17-14(18)11-19-13-7-4-3-5-8-13/h3-5,7-8H,6,9-12H2,1-2H3,(H,17,18). The van der Waals surface area contributed by atoms with Crippen molar-refractivity contribution < 1.29 is 4.79 Å². The van der Waals surface area contributed by atoms with E-state index in [1.807, 2.05) is 30.3 Å². The fraction of sp³-hybridized carbons (Fsp3) is 0.533.